The lowest BCUT2D eigenvalue weighted by Crippen LogP contribution is -2.31. The van der Waals surface area contributed by atoms with Crippen LogP contribution in [0.2, 0.25) is 0 Å². The molecule has 2 N–H and O–H groups in total. The Morgan fingerprint density at radius 2 is 1.96 bits per heavy atom. The highest BCUT2D eigenvalue weighted by Gasteiger charge is 2.17. The smallest absolute Gasteiger partial charge is 0.335 e. The predicted molar refractivity (Wildman–Crippen MR) is 88.9 cm³/mol. The summed E-state index contributed by atoms with van der Waals surface area (Å²) in [5, 5.41) is 0. The summed E-state index contributed by atoms with van der Waals surface area (Å²) in [4.78, 5) is 24.8. The average Bonchev–Trinajstić information content (AvgIpc) is 2.76. The molecule has 0 atom stereocenters. The van der Waals surface area contributed by atoms with Crippen molar-refractivity contribution < 1.29 is 9.53 Å². The van der Waals surface area contributed by atoms with E-state index < -0.39 is 11.6 Å². The van der Waals surface area contributed by atoms with Gasteiger partial charge in [0, 0.05) is 12.7 Å². The first-order chi connectivity index (χ1) is 11.0. The maximum Gasteiger partial charge on any atom is 0.335 e. The lowest BCUT2D eigenvalue weighted by atomic mass is 10.2. The minimum Gasteiger partial charge on any atom is -0.484 e. The Morgan fingerprint density at radius 1 is 1.17 bits per heavy atom. The molecular weight excluding hydrogens is 294 g/mol. The predicted octanol–water partition coefficient (Wildman–Crippen LogP) is 1.95. The van der Waals surface area contributed by atoms with E-state index in [-0.39, 0.29) is 6.61 Å². The minimum absolute atomic E-state index is 0.225. The van der Waals surface area contributed by atoms with Gasteiger partial charge in [0.1, 0.15) is 5.75 Å². The highest BCUT2D eigenvalue weighted by Crippen LogP contribution is 2.17. The SMILES string of the molecule is Cc1cccc(OCC(=O)n2c(=O)n(C)c3ccc(N)cc32)c1. The first kappa shape index (κ1) is 14.9. The Balaban J connectivity index is 1.93. The second-order valence-electron chi connectivity index (χ2n) is 5.42. The highest BCUT2D eigenvalue weighted by molar-refractivity contribution is 5.92. The zero-order valence-corrected chi connectivity index (χ0v) is 12.9. The normalized spacial score (nSPS) is 10.9. The maximum atomic E-state index is 12.4. The molecule has 0 spiro atoms. The third-order valence-electron chi connectivity index (χ3n) is 3.68. The number of hydrogen-bond donors (Lipinski definition) is 1. The van der Waals surface area contributed by atoms with Crippen molar-refractivity contribution >= 4 is 22.6 Å². The molecule has 1 heterocycles. The van der Waals surface area contributed by atoms with Crippen molar-refractivity contribution in [2.45, 2.75) is 6.92 Å². The number of imidazole rings is 1. The number of ether oxygens (including phenoxy) is 1. The molecule has 0 bridgehead atoms. The number of anilines is 1. The summed E-state index contributed by atoms with van der Waals surface area (Å²) < 4.78 is 8.01. The largest absolute Gasteiger partial charge is 0.484 e. The summed E-state index contributed by atoms with van der Waals surface area (Å²) in [6.07, 6.45) is 0. The lowest BCUT2D eigenvalue weighted by molar-refractivity contribution is 0.0838. The van der Waals surface area contributed by atoms with Gasteiger partial charge in [0.2, 0.25) is 0 Å². The first-order valence-electron chi connectivity index (χ1n) is 7.17. The van der Waals surface area contributed by atoms with Crippen molar-refractivity contribution in [3.05, 3.63) is 58.5 Å². The van der Waals surface area contributed by atoms with Gasteiger partial charge in [-0.2, -0.15) is 0 Å². The van der Waals surface area contributed by atoms with Crippen molar-refractivity contribution in [3.8, 4) is 5.75 Å². The number of nitrogen functional groups attached to an aromatic ring is 1. The van der Waals surface area contributed by atoms with E-state index in [9.17, 15) is 9.59 Å². The molecule has 0 aliphatic carbocycles. The van der Waals surface area contributed by atoms with Crippen LogP contribution in [0.3, 0.4) is 0 Å². The monoisotopic (exact) mass is 311 g/mol. The molecule has 0 aliphatic rings. The van der Waals surface area contributed by atoms with E-state index in [1.165, 1.54) is 4.57 Å². The molecule has 3 aromatic rings. The number of rotatable bonds is 3. The summed E-state index contributed by atoms with van der Waals surface area (Å²) in [6, 6.07) is 12.4. The van der Waals surface area contributed by atoms with Crippen LogP contribution in [0.5, 0.6) is 5.75 Å². The number of benzene rings is 2. The van der Waals surface area contributed by atoms with Crippen molar-refractivity contribution in [2.24, 2.45) is 7.05 Å². The van der Waals surface area contributed by atoms with Gasteiger partial charge in [-0.15, -0.1) is 0 Å². The van der Waals surface area contributed by atoms with Crippen LogP contribution in [0, 0.1) is 6.92 Å². The van der Waals surface area contributed by atoms with Gasteiger partial charge < -0.3 is 10.5 Å². The molecule has 0 amide bonds. The summed E-state index contributed by atoms with van der Waals surface area (Å²) in [5.41, 5.74) is 8.00. The van der Waals surface area contributed by atoms with E-state index in [1.54, 1.807) is 31.3 Å². The van der Waals surface area contributed by atoms with Crippen LogP contribution in [-0.4, -0.2) is 21.6 Å². The van der Waals surface area contributed by atoms with Crippen LogP contribution in [0.15, 0.2) is 47.3 Å². The fraction of sp³-hybridized carbons (Fsp3) is 0.176. The standard InChI is InChI=1S/C17H17N3O3/c1-11-4-3-5-13(8-11)23-10-16(21)20-15-9-12(18)6-7-14(15)19(2)17(20)22/h3-9H,10,18H2,1-2H3. The van der Waals surface area contributed by atoms with Gasteiger partial charge in [-0.25, -0.2) is 9.36 Å². The van der Waals surface area contributed by atoms with E-state index in [0.717, 1.165) is 10.1 Å². The Hall–Kier alpha value is -3.02. The van der Waals surface area contributed by atoms with Crippen molar-refractivity contribution in [2.75, 3.05) is 12.3 Å². The molecule has 0 saturated heterocycles. The summed E-state index contributed by atoms with van der Waals surface area (Å²) >= 11 is 0. The molecule has 23 heavy (non-hydrogen) atoms. The van der Waals surface area contributed by atoms with E-state index in [4.69, 9.17) is 10.5 Å². The Morgan fingerprint density at radius 3 is 2.70 bits per heavy atom. The van der Waals surface area contributed by atoms with Gasteiger partial charge in [-0.3, -0.25) is 9.36 Å². The van der Waals surface area contributed by atoms with Crippen LogP contribution >= 0.6 is 0 Å². The molecule has 0 unspecified atom stereocenters. The van der Waals surface area contributed by atoms with Crippen molar-refractivity contribution in [3.63, 3.8) is 0 Å². The molecule has 1 aromatic heterocycles. The molecule has 118 valence electrons. The van der Waals surface area contributed by atoms with Gasteiger partial charge in [-0.1, -0.05) is 12.1 Å². The molecule has 0 fully saturated rings. The van der Waals surface area contributed by atoms with Crippen molar-refractivity contribution in [1.82, 2.24) is 9.13 Å². The fourth-order valence-electron chi connectivity index (χ4n) is 2.52. The number of fused-ring (bicyclic) bond motifs is 1. The van der Waals surface area contributed by atoms with Gasteiger partial charge >= 0.3 is 5.69 Å². The van der Waals surface area contributed by atoms with Crippen LogP contribution in [0.25, 0.3) is 11.0 Å². The quantitative estimate of drug-likeness (QED) is 0.750. The lowest BCUT2D eigenvalue weighted by Gasteiger charge is -2.07. The number of carbonyl (C=O) groups excluding carboxylic acids is 1. The third-order valence-corrected chi connectivity index (χ3v) is 3.68. The van der Waals surface area contributed by atoms with Crippen LogP contribution < -0.4 is 16.2 Å². The molecule has 3 rings (SSSR count). The van der Waals surface area contributed by atoms with Gasteiger partial charge in [-0.05, 0) is 42.8 Å². The summed E-state index contributed by atoms with van der Waals surface area (Å²) in [5.74, 6) is 0.152. The van der Waals surface area contributed by atoms with E-state index >= 15 is 0 Å². The number of carbonyl (C=O) groups is 1. The fourth-order valence-corrected chi connectivity index (χ4v) is 2.52. The number of nitrogens with zero attached hydrogens (tertiary/aromatic N) is 2. The van der Waals surface area contributed by atoms with Gasteiger partial charge in [0.25, 0.3) is 5.91 Å². The van der Waals surface area contributed by atoms with Crippen LogP contribution in [0.1, 0.15) is 10.4 Å². The second-order valence-corrected chi connectivity index (χ2v) is 5.42. The molecule has 0 radical (unpaired) electrons. The second kappa shape index (κ2) is 5.64. The molecule has 0 saturated carbocycles. The highest BCUT2D eigenvalue weighted by atomic mass is 16.5. The van der Waals surface area contributed by atoms with E-state index in [0.29, 0.717) is 22.5 Å². The van der Waals surface area contributed by atoms with E-state index in [2.05, 4.69) is 0 Å². The van der Waals surface area contributed by atoms with Crippen LogP contribution in [0.4, 0.5) is 5.69 Å². The first-order valence-corrected chi connectivity index (χ1v) is 7.17. The Kier molecular flexibility index (Phi) is 3.65. The van der Waals surface area contributed by atoms with E-state index in [1.807, 2.05) is 25.1 Å². The van der Waals surface area contributed by atoms with Crippen molar-refractivity contribution in [1.29, 1.82) is 0 Å². The van der Waals surface area contributed by atoms with Gasteiger partial charge in [0.05, 0.1) is 11.0 Å². The topological polar surface area (TPSA) is 79.2 Å². The number of hydrogen-bond acceptors (Lipinski definition) is 4. The summed E-state index contributed by atoms with van der Waals surface area (Å²) in [6.45, 7) is 1.71. The molecular formula is C17H17N3O3. The average molecular weight is 311 g/mol. The molecule has 6 heteroatoms. The number of nitrogens with two attached hydrogens (primary N) is 1. The number of aryl methyl sites for hydroxylation is 2. The Bertz CT molecular complexity index is 953. The Labute approximate surface area is 132 Å². The number of aromatic nitrogens is 2. The zero-order valence-electron chi connectivity index (χ0n) is 12.9. The zero-order chi connectivity index (χ0) is 16.6. The third kappa shape index (κ3) is 2.70. The summed E-state index contributed by atoms with van der Waals surface area (Å²) in [7, 11) is 1.62. The minimum atomic E-state index is -0.437. The van der Waals surface area contributed by atoms with Gasteiger partial charge in [0.15, 0.2) is 6.61 Å². The van der Waals surface area contributed by atoms with Crippen LogP contribution in [-0.2, 0) is 7.05 Å². The maximum absolute atomic E-state index is 12.4. The molecule has 0 aliphatic heterocycles. The molecule has 6 nitrogen and oxygen atoms in total. The molecule has 2 aromatic carbocycles.